The predicted octanol–water partition coefficient (Wildman–Crippen LogP) is 2.37. The van der Waals surface area contributed by atoms with Gasteiger partial charge in [0.1, 0.15) is 0 Å². The maximum Gasteiger partial charge on any atom is 0.416 e. The van der Waals surface area contributed by atoms with Crippen molar-refractivity contribution in [2.75, 3.05) is 37.1 Å². The standard InChI is InChI=1S/C15H19F3N2O4S/c1-24-8-7-20(13-6-9-25(22,23)10-13)14(21)19-12-4-2-11(3-5-12)15(16,17)18/h2-5,13H,6-10H2,1H3,(H,19,21)/t13-/m0/s1. The first-order valence-corrected chi connectivity index (χ1v) is 9.39. The van der Waals surface area contributed by atoms with Gasteiger partial charge in [-0.25, -0.2) is 13.2 Å². The third-order valence-electron chi connectivity index (χ3n) is 3.91. The molecule has 2 rings (SSSR count). The molecule has 1 N–H and O–H groups in total. The maximum atomic E-state index is 12.6. The van der Waals surface area contributed by atoms with Crippen LogP contribution in [0.15, 0.2) is 24.3 Å². The van der Waals surface area contributed by atoms with E-state index >= 15 is 0 Å². The molecule has 10 heteroatoms. The quantitative estimate of drug-likeness (QED) is 0.851. The van der Waals surface area contributed by atoms with Crippen LogP contribution < -0.4 is 5.32 Å². The molecule has 6 nitrogen and oxygen atoms in total. The first-order valence-electron chi connectivity index (χ1n) is 7.56. The van der Waals surface area contributed by atoms with Gasteiger partial charge in [0, 0.05) is 25.4 Å². The summed E-state index contributed by atoms with van der Waals surface area (Å²) in [5, 5.41) is 2.50. The van der Waals surface area contributed by atoms with Gasteiger partial charge in [-0.15, -0.1) is 0 Å². The van der Waals surface area contributed by atoms with Gasteiger partial charge in [0.05, 0.1) is 23.7 Å². The van der Waals surface area contributed by atoms with Crippen LogP contribution in [0.2, 0.25) is 0 Å². The minimum atomic E-state index is -4.45. The normalized spacial score (nSPS) is 19.6. The first kappa shape index (κ1) is 19.5. The van der Waals surface area contributed by atoms with Crippen molar-refractivity contribution in [2.45, 2.75) is 18.6 Å². The number of halogens is 3. The minimum Gasteiger partial charge on any atom is -0.383 e. The second kappa shape index (κ2) is 7.61. The Kier molecular flexibility index (Phi) is 5.94. The van der Waals surface area contributed by atoms with Crippen LogP contribution in [0.25, 0.3) is 0 Å². The van der Waals surface area contributed by atoms with Gasteiger partial charge in [-0.05, 0) is 30.7 Å². The number of carbonyl (C=O) groups excluding carboxylic acids is 1. The Hall–Kier alpha value is -1.81. The van der Waals surface area contributed by atoms with Crippen LogP contribution in [-0.2, 0) is 20.8 Å². The second-order valence-corrected chi connectivity index (χ2v) is 7.98. The topological polar surface area (TPSA) is 75.7 Å². The molecular weight excluding hydrogens is 361 g/mol. The summed E-state index contributed by atoms with van der Waals surface area (Å²) in [4.78, 5) is 13.8. The van der Waals surface area contributed by atoms with Crippen LogP contribution in [0.3, 0.4) is 0 Å². The number of ether oxygens (including phenoxy) is 1. The van der Waals surface area contributed by atoms with Crippen molar-refractivity contribution in [2.24, 2.45) is 0 Å². The fraction of sp³-hybridized carbons (Fsp3) is 0.533. The summed E-state index contributed by atoms with van der Waals surface area (Å²) in [6, 6.07) is 3.00. The van der Waals surface area contributed by atoms with Crippen LogP contribution in [0.5, 0.6) is 0 Å². The zero-order valence-electron chi connectivity index (χ0n) is 13.5. The van der Waals surface area contributed by atoms with Gasteiger partial charge in [0.2, 0.25) is 0 Å². The molecule has 1 aromatic rings. The summed E-state index contributed by atoms with van der Waals surface area (Å²) in [6.45, 7) is 0.403. The summed E-state index contributed by atoms with van der Waals surface area (Å²) < 4.78 is 65.9. The van der Waals surface area contributed by atoms with Crippen molar-refractivity contribution < 1.29 is 31.1 Å². The number of hydrogen-bond acceptors (Lipinski definition) is 4. The van der Waals surface area contributed by atoms with Gasteiger partial charge in [0.25, 0.3) is 0 Å². The van der Waals surface area contributed by atoms with Gasteiger partial charge < -0.3 is 15.0 Å². The lowest BCUT2D eigenvalue weighted by Gasteiger charge is -2.28. The lowest BCUT2D eigenvalue weighted by molar-refractivity contribution is -0.137. The van der Waals surface area contributed by atoms with Gasteiger partial charge >= 0.3 is 12.2 Å². The van der Waals surface area contributed by atoms with Crippen molar-refractivity contribution in [3.8, 4) is 0 Å². The second-order valence-electron chi connectivity index (χ2n) is 5.75. The van der Waals surface area contributed by atoms with E-state index in [0.717, 1.165) is 24.3 Å². The minimum absolute atomic E-state index is 0.00864. The molecule has 0 bridgehead atoms. The number of rotatable bonds is 5. The van der Waals surface area contributed by atoms with Crippen LogP contribution in [0.1, 0.15) is 12.0 Å². The third kappa shape index (κ3) is 5.33. The Morgan fingerprint density at radius 2 is 1.96 bits per heavy atom. The number of urea groups is 1. The fourth-order valence-corrected chi connectivity index (χ4v) is 4.33. The van der Waals surface area contributed by atoms with Crippen molar-refractivity contribution in [3.63, 3.8) is 0 Å². The van der Waals surface area contributed by atoms with E-state index in [9.17, 15) is 26.4 Å². The summed E-state index contributed by atoms with van der Waals surface area (Å²) in [6.07, 6.45) is -4.13. The van der Waals surface area contributed by atoms with E-state index in [2.05, 4.69) is 5.32 Å². The highest BCUT2D eigenvalue weighted by molar-refractivity contribution is 7.91. The molecule has 0 aliphatic carbocycles. The number of anilines is 1. The molecular formula is C15H19F3N2O4S. The first-order chi connectivity index (χ1) is 11.6. The number of hydrogen-bond donors (Lipinski definition) is 1. The summed E-state index contributed by atoms with van der Waals surface area (Å²) in [5.74, 6) is -0.119. The largest absolute Gasteiger partial charge is 0.416 e. The van der Waals surface area contributed by atoms with Gasteiger partial charge in [0.15, 0.2) is 9.84 Å². The molecule has 140 valence electrons. The zero-order valence-corrected chi connectivity index (χ0v) is 14.4. The van der Waals surface area contributed by atoms with E-state index in [1.54, 1.807) is 0 Å². The Labute approximate surface area is 143 Å². The molecule has 0 radical (unpaired) electrons. The Morgan fingerprint density at radius 1 is 1.32 bits per heavy atom. The van der Waals surface area contributed by atoms with Gasteiger partial charge in [-0.3, -0.25) is 0 Å². The van der Waals surface area contributed by atoms with Crippen LogP contribution in [0, 0.1) is 0 Å². The Bertz CT molecular complexity index is 704. The third-order valence-corrected chi connectivity index (χ3v) is 5.66. The molecule has 0 unspecified atom stereocenters. The van der Waals surface area contributed by atoms with E-state index in [-0.39, 0.29) is 30.3 Å². The van der Waals surface area contributed by atoms with E-state index in [1.165, 1.54) is 12.0 Å². The number of carbonyl (C=O) groups is 1. The summed E-state index contributed by atoms with van der Waals surface area (Å²) in [7, 11) is -1.73. The van der Waals surface area contributed by atoms with Crippen molar-refractivity contribution in [3.05, 3.63) is 29.8 Å². The zero-order chi connectivity index (χ0) is 18.7. The lowest BCUT2D eigenvalue weighted by atomic mass is 10.2. The number of alkyl halides is 3. The predicted molar refractivity (Wildman–Crippen MR) is 86.1 cm³/mol. The molecule has 1 aliphatic rings. The Balaban J connectivity index is 2.08. The average Bonchev–Trinajstić information content (AvgIpc) is 2.87. The SMILES string of the molecule is COCCN(C(=O)Nc1ccc(C(F)(F)F)cc1)[C@H]1CCS(=O)(=O)C1. The summed E-state index contributed by atoms with van der Waals surface area (Å²) >= 11 is 0. The van der Waals surface area contributed by atoms with E-state index in [1.807, 2.05) is 0 Å². The highest BCUT2D eigenvalue weighted by atomic mass is 32.2. The number of benzene rings is 1. The van der Waals surface area contributed by atoms with E-state index in [0.29, 0.717) is 6.42 Å². The van der Waals surface area contributed by atoms with Crippen LogP contribution in [-0.4, -0.2) is 57.2 Å². The fourth-order valence-electron chi connectivity index (χ4n) is 2.60. The van der Waals surface area contributed by atoms with Crippen molar-refractivity contribution in [1.29, 1.82) is 0 Å². The molecule has 1 atom stereocenters. The molecule has 1 aliphatic heterocycles. The lowest BCUT2D eigenvalue weighted by Crippen LogP contribution is -2.45. The van der Waals surface area contributed by atoms with E-state index < -0.39 is 33.6 Å². The smallest absolute Gasteiger partial charge is 0.383 e. The molecule has 0 spiro atoms. The molecule has 1 fully saturated rings. The highest BCUT2D eigenvalue weighted by Crippen LogP contribution is 2.30. The maximum absolute atomic E-state index is 12.6. The average molecular weight is 380 g/mol. The molecule has 1 aromatic carbocycles. The monoisotopic (exact) mass is 380 g/mol. The molecule has 0 saturated carbocycles. The van der Waals surface area contributed by atoms with Gasteiger partial charge in [-0.1, -0.05) is 0 Å². The number of methoxy groups -OCH3 is 1. The number of sulfone groups is 1. The highest BCUT2D eigenvalue weighted by Gasteiger charge is 2.35. The van der Waals surface area contributed by atoms with Crippen molar-refractivity contribution >= 4 is 21.6 Å². The molecule has 1 heterocycles. The number of nitrogens with zero attached hydrogens (tertiary/aromatic N) is 1. The molecule has 1 saturated heterocycles. The van der Waals surface area contributed by atoms with Crippen LogP contribution >= 0.6 is 0 Å². The van der Waals surface area contributed by atoms with Gasteiger partial charge in [-0.2, -0.15) is 13.2 Å². The number of amides is 2. The summed E-state index contributed by atoms with van der Waals surface area (Å²) in [5.41, 5.74) is -0.620. The van der Waals surface area contributed by atoms with Crippen molar-refractivity contribution in [1.82, 2.24) is 4.90 Å². The molecule has 25 heavy (non-hydrogen) atoms. The number of nitrogens with one attached hydrogen (secondary N) is 1. The molecule has 0 aromatic heterocycles. The molecule has 2 amide bonds. The Morgan fingerprint density at radius 3 is 2.44 bits per heavy atom. The van der Waals surface area contributed by atoms with E-state index in [4.69, 9.17) is 4.74 Å². The van der Waals surface area contributed by atoms with Crippen LogP contribution in [0.4, 0.5) is 23.7 Å².